The molecule has 0 bridgehead atoms. The van der Waals surface area contributed by atoms with Crippen LogP contribution >= 0.6 is 11.8 Å². The molecule has 0 heterocycles. The Bertz CT molecular complexity index is 639. The Morgan fingerprint density at radius 3 is 2.66 bits per heavy atom. The van der Waals surface area contributed by atoms with Crippen molar-refractivity contribution < 1.29 is 9.50 Å². The van der Waals surface area contributed by atoms with E-state index in [1.165, 1.54) is 38.5 Å². The number of allylic oxidation sites excluding steroid dienone is 1. The van der Waals surface area contributed by atoms with E-state index in [2.05, 4.69) is 26.8 Å². The van der Waals surface area contributed by atoms with Gasteiger partial charge in [-0.2, -0.15) is 11.8 Å². The standard InChI is InChI=1S/C26H43FOS/c1-17(15-29-16-24(2,3)27)21-8-9-22-20-7-6-18-14-19(28)10-12-25(18,4)23(20)11-13-26(21,22)5/h6,17,19-23,28H,7-16H2,1-5H3/t17-,19+,20+,21-,22+,23+,25+,26-/m1/s1. The first-order valence-electron chi connectivity index (χ1n) is 12.2. The molecule has 29 heavy (non-hydrogen) atoms. The average Bonchev–Trinajstić information content (AvgIpc) is 2.98. The predicted molar refractivity (Wildman–Crippen MR) is 123 cm³/mol. The van der Waals surface area contributed by atoms with Crippen LogP contribution in [0.3, 0.4) is 0 Å². The van der Waals surface area contributed by atoms with Crippen molar-refractivity contribution in [2.75, 3.05) is 11.5 Å². The highest BCUT2D eigenvalue weighted by Crippen LogP contribution is 2.67. The molecule has 3 fully saturated rings. The van der Waals surface area contributed by atoms with Crippen molar-refractivity contribution in [3.8, 4) is 0 Å². The molecule has 0 unspecified atom stereocenters. The number of rotatable bonds is 5. The molecule has 166 valence electrons. The third kappa shape index (κ3) is 3.97. The van der Waals surface area contributed by atoms with E-state index in [1.807, 2.05) is 11.8 Å². The molecule has 0 spiro atoms. The van der Waals surface area contributed by atoms with Crippen molar-refractivity contribution >= 4 is 11.8 Å². The van der Waals surface area contributed by atoms with Gasteiger partial charge in [-0.3, -0.25) is 0 Å². The van der Waals surface area contributed by atoms with Gasteiger partial charge in [-0.1, -0.05) is 32.4 Å². The van der Waals surface area contributed by atoms with Crippen LogP contribution in [0.2, 0.25) is 0 Å². The SMILES string of the molecule is C[C@H](CSCC(C)(C)F)[C@H]1CC[C@H]2[C@@H]3CC=C4C[C@@H](O)CC[C@]4(C)[C@H]3CC[C@]12C. The van der Waals surface area contributed by atoms with E-state index in [-0.39, 0.29) is 6.10 Å². The smallest absolute Gasteiger partial charge is 0.114 e. The summed E-state index contributed by atoms with van der Waals surface area (Å²) in [6, 6.07) is 0. The van der Waals surface area contributed by atoms with E-state index in [1.54, 1.807) is 19.4 Å². The van der Waals surface area contributed by atoms with Crippen LogP contribution in [-0.2, 0) is 0 Å². The summed E-state index contributed by atoms with van der Waals surface area (Å²) in [4.78, 5) is 0. The minimum atomic E-state index is -1.06. The Morgan fingerprint density at radius 1 is 1.17 bits per heavy atom. The summed E-state index contributed by atoms with van der Waals surface area (Å²) in [5, 5.41) is 10.2. The number of alkyl halides is 1. The van der Waals surface area contributed by atoms with Crippen LogP contribution in [0, 0.1) is 40.4 Å². The molecule has 4 aliphatic carbocycles. The molecule has 0 radical (unpaired) electrons. The molecule has 3 saturated carbocycles. The molecule has 0 aliphatic heterocycles. The van der Waals surface area contributed by atoms with Crippen LogP contribution in [0.5, 0.6) is 0 Å². The fourth-order valence-electron chi connectivity index (χ4n) is 8.22. The van der Waals surface area contributed by atoms with Crippen molar-refractivity contribution in [1.82, 2.24) is 0 Å². The number of hydrogen-bond acceptors (Lipinski definition) is 2. The van der Waals surface area contributed by atoms with Crippen LogP contribution in [0.15, 0.2) is 11.6 Å². The van der Waals surface area contributed by atoms with Crippen molar-refractivity contribution in [2.45, 2.75) is 97.8 Å². The Morgan fingerprint density at radius 2 is 1.93 bits per heavy atom. The van der Waals surface area contributed by atoms with E-state index in [0.29, 0.717) is 22.5 Å². The lowest BCUT2D eigenvalue weighted by atomic mass is 9.47. The van der Waals surface area contributed by atoms with Gasteiger partial charge in [0.25, 0.3) is 0 Å². The van der Waals surface area contributed by atoms with Crippen molar-refractivity contribution in [1.29, 1.82) is 0 Å². The zero-order valence-corrected chi connectivity index (χ0v) is 20.2. The Labute approximate surface area is 182 Å². The minimum absolute atomic E-state index is 0.108. The van der Waals surface area contributed by atoms with Gasteiger partial charge in [-0.25, -0.2) is 4.39 Å². The Hall–Kier alpha value is -0.0200. The third-order valence-corrected chi connectivity index (χ3v) is 11.3. The average molecular weight is 423 g/mol. The van der Waals surface area contributed by atoms with Gasteiger partial charge in [-0.15, -0.1) is 0 Å². The Balaban J connectivity index is 1.47. The van der Waals surface area contributed by atoms with Crippen molar-refractivity contribution in [3.63, 3.8) is 0 Å². The highest BCUT2D eigenvalue weighted by Gasteiger charge is 2.59. The van der Waals surface area contributed by atoms with Crippen LogP contribution in [0.1, 0.15) is 86.0 Å². The first-order valence-corrected chi connectivity index (χ1v) is 13.3. The number of thioether (sulfide) groups is 1. The lowest BCUT2D eigenvalue weighted by molar-refractivity contribution is -0.0553. The van der Waals surface area contributed by atoms with Gasteiger partial charge < -0.3 is 5.11 Å². The van der Waals surface area contributed by atoms with E-state index in [4.69, 9.17) is 0 Å². The summed E-state index contributed by atoms with van der Waals surface area (Å²) in [6.07, 6.45) is 12.3. The summed E-state index contributed by atoms with van der Waals surface area (Å²) < 4.78 is 13.9. The molecule has 0 saturated heterocycles. The van der Waals surface area contributed by atoms with E-state index in [0.717, 1.165) is 42.3 Å². The molecule has 0 aromatic carbocycles. The summed E-state index contributed by atoms with van der Waals surface area (Å²) in [5.74, 6) is 5.73. The van der Waals surface area contributed by atoms with Crippen LogP contribution in [0.25, 0.3) is 0 Å². The predicted octanol–water partition coefficient (Wildman–Crippen LogP) is 7.04. The number of aliphatic hydroxyl groups excluding tert-OH is 1. The molecule has 3 heteroatoms. The number of halogens is 1. The highest BCUT2D eigenvalue weighted by molar-refractivity contribution is 7.99. The summed E-state index contributed by atoms with van der Waals surface area (Å²) in [6.45, 7) is 11.0. The van der Waals surface area contributed by atoms with Gasteiger partial charge in [0.2, 0.25) is 0 Å². The van der Waals surface area contributed by atoms with Gasteiger partial charge in [0.05, 0.1) is 6.10 Å². The third-order valence-electron chi connectivity index (χ3n) is 9.66. The minimum Gasteiger partial charge on any atom is -0.393 e. The fraction of sp³-hybridized carbons (Fsp3) is 0.923. The maximum atomic E-state index is 13.9. The zero-order valence-electron chi connectivity index (χ0n) is 19.3. The number of aliphatic hydroxyl groups is 1. The highest BCUT2D eigenvalue weighted by atomic mass is 32.2. The summed E-state index contributed by atoms with van der Waals surface area (Å²) >= 11 is 1.82. The molecule has 4 aliphatic rings. The molecule has 0 aromatic rings. The second-order valence-corrected chi connectivity index (χ2v) is 13.1. The Kier molecular flexibility index (Phi) is 5.99. The topological polar surface area (TPSA) is 20.2 Å². The first kappa shape index (κ1) is 22.2. The molecular weight excluding hydrogens is 379 g/mol. The summed E-state index contributed by atoms with van der Waals surface area (Å²) in [5.41, 5.74) is 1.34. The molecule has 1 nitrogen and oxygen atoms in total. The lowest BCUT2D eigenvalue weighted by Gasteiger charge is -2.58. The second kappa shape index (κ2) is 7.84. The van der Waals surface area contributed by atoms with Crippen LogP contribution in [0.4, 0.5) is 4.39 Å². The molecule has 4 rings (SSSR count). The largest absolute Gasteiger partial charge is 0.393 e. The van der Waals surface area contributed by atoms with Gasteiger partial charge in [0.1, 0.15) is 5.67 Å². The van der Waals surface area contributed by atoms with Crippen molar-refractivity contribution in [3.05, 3.63) is 11.6 Å². The molecule has 0 aromatic heterocycles. The van der Waals surface area contributed by atoms with Gasteiger partial charge in [0.15, 0.2) is 0 Å². The quantitative estimate of drug-likeness (QED) is 0.479. The maximum Gasteiger partial charge on any atom is 0.114 e. The maximum absolute atomic E-state index is 13.9. The second-order valence-electron chi connectivity index (χ2n) is 12.1. The van der Waals surface area contributed by atoms with Crippen molar-refractivity contribution in [2.24, 2.45) is 40.4 Å². The first-order chi connectivity index (χ1) is 13.5. The molecule has 1 N–H and O–H groups in total. The molecular formula is C26H43FOS. The van der Waals surface area contributed by atoms with E-state index >= 15 is 0 Å². The van der Waals surface area contributed by atoms with Gasteiger partial charge in [-0.05, 0) is 111 Å². The summed E-state index contributed by atoms with van der Waals surface area (Å²) in [7, 11) is 0. The molecule has 0 amide bonds. The van der Waals surface area contributed by atoms with Crippen LogP contribution in [-0.4, -0.2) is 28.4 Å². The van der Waals surface area contributed by atoms with Crippen LogP contribution < -0.4 is 0 Å². The van der Waals surface area contributed by atoms with Gasteiger partial charge in [0, 0.05) is 5.75 Å². The zero-order chi connectivity index (χ0) is 21.0. The lowest BCUT2D eigenvalue weighted by Crippen LogP contribution is -2.50. The normalized spacial score (nSPS) is 45.8. The molecule has 8 atom stereocenters. The fourth-order valence-corrected chi connectivity index (χ4v) is 9.43. The number of fused-ring (bicyclic) bond motifs is 5. The monoisotopic (exact) mass is 422 g/mol. The van der Waals surface area contributed by atoms with Gasteiger partial charge >= 0.3 is 0 Å². The number of hydrogen-bond donors (Lipinski definition) is 1. The van der Waals surface area contributed by atoms with E-state index in [9.17, 15) is 9.50 Å². The van der Waals surface area contributed by atoms with E-state index < -0.39 is 5.67 Å².